The number of hydrogen-bond acceptors (Lipinski definition) is 3. The molecule has 1 aliphatic carbocycles. The molecule has 1 fully saturated rings. The number of Topliss-reactive ketones (excluding diaryl/α,β-unsaturated/α-hetero) is 1. The van der Waals surface area contributed by atoms with E-state index in [9.17, 15) is 31.1 Å². The van der Waals surface area contributed by atoms with Gasteiger partial charge < -0.3 is 9.47 Å². The smallest absolute Gasteiger partial charge is 0.368 e. The summed E-state index contributed by atoms with van der Waals surface area (Å²) in [5.74, 6) is -0.565. The highest BCUT2D eigenvalue weighted by Gasteiger charge is 2.60. The van der Waals surface area contributed by atoms with Gasteiger partial charge in [0.2, 0.25) is 6.10 Å². The second-order valence-electron chi connectivity index (χ2n) is 3.68. The number of alkyl halides is 6. The average molecular weight is 280 g/mol. The molecule has 0 N–H and O–H groups in total. The van der Waals surface area contributed by atoms with Gasteiger partial charge in [0.05, 0.1) is 6.10 Å². The summed E-state index contributed by atoms with van der Waals surface area (Å²) in [7, 11) is 0. The summed E-state index contributed by atoms with van der Waals surface area (Å²) in [5, 5.41) is 0. The molecule has 1 saturated carbocycles. The highest BCUT2D eigenvalue weighted by Crippen LogP contribution is 2.38. The molecule has 9 heteroatoms. The standard InChI is InChI=1S/C9H10F6O3/c1-2-17-6-4(16)3-5(6)18-7(8(10,11)12)9(13,14)15/h5-7H,2-3H2,1H3. The van der Waals surface area contributed by atoms with E-state index in [1.54, 1.807) is 0 Å². The second kappa shape index (κ2) is 5.04. The summed E-state index contributed by atoms with van der Waals surface area (Å²) in [6.07, 6.45) is -18.4. The van der Waals surface area contributed by atoms with Gasteiger partial charge in [-0.3, -0.25) is 4.79 Å². The van der Waals surface area contributed by atoms with Gasteiger partial charge in [0.25, 0.3) is 0 Å². The first kappa shape index (κ1) is 15.2. The Morgan fingerprint density at radius 2 is 1.72 bits per heavy atom. The fourth-order valence-electron chi connectivity index (χ4n) is 1.48. The molecular weight excluding hydrogens is 270 g/mol. The van der Waals surface area contributed by atoms with Crippen LogP contribution in [0.4, 0.5) is 26.3 Å². The summed E-state index contributed by atoms with van der Waals surface area (Å²) in [5.41, 5.74) is 0. The van der Waals surface area contributed by atoms with Crippen molar-refractivity contribution >= 4 is 5.78 Å². The zero-order valence-electron chi connectivity index (χ0n) is 9.14. The molecule has 18 heavy (non-hydrogen) atoms. The van der Waals surface area contributed by atoms with E-state index < -0.39 is 42.9 Å². The van der Waals surface area contributed by atoms with Crippen molar-refractivity contribution in [2.45, 2.75) is 44.0 Å². The molecule has 106 valence electrons. The quantitative estimate of drug-likeness (QED) is 0.741. The third kappa shape index (κ3) is 3.35. The summed E-state index contributed by atoms with van der Waals surface area (Å²) < 4.78 is 81.7. The maximum absolute atomic E-state index is 12.2. The Hall–Kier alpha value is -0.830. The molecule has 2 atom stereocenters. The van der Waals surface area contributed by atoms with E-state index in [0.717, 1.165) is 0 Å². The number of hydrogen-bond donors (Lipinski definition) is 0. The molecule has 0 aromatic rings. The van der Waals surface area contributed by atoms with Crippen LogP contribution in [0, 0.1) is 0 Å². The van der Waals surface area contributed by atoms with Crippen molar-refractivity contribution in [3.8, 4) is 0 Å². The molecule has 0 radical (unpaired) electrons. The van der Waals surface area contributed by atoms with Crippen molar-refractivity contribution in [3.05, 3.63) is 0 Å². The minimum absolute atomic E-state index is 0.00102. The van der Waals surface area contributed by atoms with Crippen LogP contribution < -0.4 is 0 Å². The van der Waals surface area contributed by atoms with Crippen LogP contribution in [-0.4, -0.2) is 43.1 Å². The summed E-state index contributed by atoms with van der Waals surface area (Å²) in [6.45, 7) is 1.46. The molecule has 3 nitrogen and oxygen atoms in total. The minimum atomic E-state index is -5.58. The van der Waals surface area contributed by atoms with Crippen molar-refractivity contribution in [2.75, 3.05) is 6.61 Å². The molecule has 1 rings (SSSR count). The van der Waals surface area contributed by atoms with Crippen LogP contribution in [0.1, 0.15) is 13.3 Å². The van der Waals surface area contributed by atoms with Gasteiger partial charge >= 0.3 is 12.4 Å². The van der Waals surface area contributed by atoms with Crippen LogP contribution in [0.2, 0.25) is 0 Å². The Morgan fingerprint density at radius 1 is 1.22 bits per heavy atom. The third-order valence-corrected chi connectivity index (χ3v) is 2.31. The van der Waals surface area contributed by atoms with Gasteiger partial charge in [0.1, 0.15) is 6.10 Å². The number of ether oxygens (including phenoxy) is 2. The van der Waals surface area contributed by atoms with Gasteiger partial charge in [-0.1, -0.05) is 0 Å². The Labute approximate surface area is 98.0 Å². The Bertz CT molecular complexity index is 296. The fourth-order valence-corrected chi connectivity index (χ4v) is 1.48. The largest absolute Gasteiger partial charge is 0.423 e. The summed E-state index contributed by atoms with van der Waals surface area (Å²) in [6, 6.07) is 0. The van der Waals surface area contributed by atoms with Crippen molar-refractivity contribution in [1.82, 2.24) is 0 Å². The monoisotopic (exact) mass is 280 g/mol. The van der Waals surface area contributed by atoms with E-state index in [0.29, 0.717) is 0 Å². The number of ketones is 1. The lowest BCUT2D eigenvalue weighted by Crippen LogP contribution is -2.56. The molecule has 0 aromatic carbocycles. The lowest BCUT2D eigenvalue weighted by Gasteiger charge is -2.37. The van der Waals surface area contributed by atoms with Crippen LogP contribution in [-0.2, 0) is 14.3 Å². The van der Waals surface area contributed by atoms with Crippen LogP contribution in [0.5, 0.6) is 0 Å². The Morgan fingerprint density at radius 3 is 2.06 bits per heavy atom. The van der Waals surface area contributed by atoms with Gasteiger partial charge in [-0.25, -0.2) is 0 Å². The molecule has 1 aliphatic rings. The fraction of sp³-hybridized carbons (Fsp3) is 0.889. The van der Waals surface area contributed by atoms with E-state index in [1.807, 2.05) is 0 Å². The van der Waals surface area contributed by atoms with Crippen molar-refractivity contribution in [3.63, 3.8) is 0 Å². The highest BCUT2D eigenvalue weighted by atomic mass is 19.4. The van der Waals surface area contributed by atoms with E-state index in [2.05, 4.69) is 4.74 Å². The summed E-state index contributed by atoms with van der Waals surface area (Å²) >= 11 is 0. The number of carbonyl (C=O) groups excluding carboxylic acids is 1. The second-order valence-corrected chi connectivity index (χ2v) is 3.68. The van der Waals surface area contributed by atoms with Gasteiger partial charge in [-0.05, 0) is 6.92 Å². The molecule has 0 saturated heterocycles. The van der Waals surface area contributed by atoms with Crippen molar-refractivity contribution in [1.29, 1.82) is 0 Å². The molecule has 0 spiro atoms. The molecule has 0 heterocycles. The molecule has 2 unspecified atom stereocenters. The van der Waals surface area contributed by atoms with Crippen LogP contribution in [0.25, 0.3) is 0 Å². The Kier molecular flexibility index (Phi) is 4.26. The average Bonchev–Trinajstić information content (AvgIpc) is 2.16. The third-order valence-electron chi connectivity index (χ3n) is 2.31. The topological polar surface area (TPSA) is 35.5 Å². The molecular formula is C9H10F6O3. The number of rotatable bonds is 4. The zero-order valence-corrected chi connectivity index (χ0v) is 9.14. The van der Waals surface area contributed by atoms with E-state index >= 15 is 0 Å². The van der Waals surface area contributed by atoms with E-state index in [1.165, 1.54) is 6.92 Å². The minimum Gasteiger partial charge on any atom is -0.368 e. The Balaban J connectivity index is 2.71. The molecule has 0 amide bonds. The first-order valence-electron chi connectivity index (χ1n) is 5.00. The lowest BCUT2D eigenvalue weighted by atomic mass is 9.89. The maximum Gasteiger partial charge on any atom is 0.423 e. The normalized spacial score (nSPS) is 25.4. The molecule has 0 bridgehead atoms. The van der Waals surface area contributed by atoms with Crippen molar-refractivity contribution < 1.29 is 40.6 Å². The van der Waals surface area contributed by atoms with Gasteiger partial charge in [-0.15, -0.1) is 0 Å². The first-order chi connectivity index (χ1) is 8.07. The van der Waals surface area contributed by atoms with Gasteiger partial charge in [0.15, 0.2) is 5.78 Å². The maximum atomic E-state index is 12.2. The lowest BCUT2D eigenvalue weighted by molar-refractivity contribution is -0.339. The summed E-state index contributed by atoms with van der Waals surface area (Å²) in [4.78, 5) is 10.9. The van der Waals surface area contributed by atoms with Crippen LogP contribution in [0.3, 0.4) is 0 Å². The van der Waals surface area contributed by atoms with Gasteiger partial charge in [-0.2, -0.15) is 26.3 Å². The number of halogens is 6. The highest BCUT2D eigenvalue weighted by molar-refractivity contribution is 5.90. The number of carbonyl (C=O) groups is 1. The molecule has 0 aromatic heterocycles. The molecule has 0 aliphatic heterocycles. The van der Waals surface area contributed by atoms with Crippen molar-refractivity contribution in [2.24, 2.45) is 0 Å². The van der Waals surface area contributed by atoms with E-state index in [4.69, 9.17) is 4.74 Å². The predicted molar refractivity (Wildman–Crippen MR) is 45.8 cm³/mol. The SMILES string of the molecule is CCOC1C(=O)CC1OC(C(F)(F)F)C(F)(F)F. The first-order valence-corrected chi connectivity index (χ1v) is 5.00. The van der Waals surface area contributed by atoms with Crippen LogP contribution >= 0.6 is 0 Å². The van der Waals surface area contributed by atoms with Gasteiger partial charge in [0, 0.05) is 13.0 Å². The van der Waals surface area contributed by atoms with E-state index in [-0.39, 0.29) is 6.61 Å². The zero-order chi connectivity index (χ0) is 14.1. The van der Waals surface area contributed by atoms with Crippen LogP contribution in [0.15, 0.2) is 0 Å². The predicted octanol–water partition coefficient (Wildman–Crippen LogP) is 2.24.